The van der Waals surface area contributed by atoms with Gasteiger partial charge < -0.3 is 4.40 Å². The molecule has 0 N–H and O–H groups in total. The van der Waals surface area contributed by atoms with Gasteiger partial charge in [0.1, 0.15) is 5.65 Å². The summed E-state index contributed by atoms with van der Waals surface area (Å²) in [5, 5.41) is 0.775. The van der Waals surface area contributed by atoms with E-state index < -0.39 is 0 Å². The molecule has 4 rings (SSSR count). The lowest BCUT2D eigenvalue weighted by atomic mass is 10.0. The van der Waals surface area contributed by atoms with Gasteiger partial charge in [0.05, 0.1) is 11.3 Å². The second kappa shape index (κ2) is 6.20. The van der Waals surface area contributed by atoms with Gasteiger partial charge in [0.15, 0.2) is 5.13 Å². The lowest BCUT2D eigenvalue weighted by molar-refractivity contribution is 0.0989. The number of hydrogen-bond acceptors (Lipinski definition) is 4. The highest BCUT2D eigenvalue weighted by molar-refractivity contribution is 7.16. The molecule has 0 bridgehead atoms. The maximum Gasteiger partial charge on any atom is 0.261 e. The highest BCUT2D eigenvalue weighted by Gasteiger charge is 2.23. The first-order valence-electron chi connectivity index (χ1n) is 8.10. The first-order valence-corrected chi connectivity index (χ1v) is 8.92. The number of imidazole rings is 1. The molecule has 3 heterocycles. The van der Waals surface area contributed by atoms with Gasteiger partial charge in [0, 0.05) is 30.0 Å². The molecule has 0 aliphatic heterocycles. The predicted molar refractivity (Wildman–Crippen MR) is 95.8 cm³/mol. The molecule has 6 heteroatoms. The van der Waals surface area contributed by atoms with Crippen molar-refractivity contribution < 1.29 is 4.79 Å². The van der Waals surface area contributed by atoms with Crippen LogP contribution in [0.3, 0.4) is 0 Å². The molecule has 0 aromatic carbocycles. The molecule has 1 aliphatic carbocycles. The normalized spacial score (nSPS) is 13.7. The number of carbonyl (C=O) groups excluding carboxylic acids is 1. The first kappa shape index (κ1) is 15.1. The molecule has 0 saturated carbocycles. The quantitative estimate of drug-likeness (QED) is 0.684. The molecule has 0 fully saturated rings. The number of aryl methyl sites for hydroxylation is 2. The summed E-state index contributed by atoms with van der Waals surface area (Å²) in [5.74, 6) is -0.0587. The molecule has 0 saturated heterocycles. The van der Waals surface area contributed by atoms with Crippen LogP contribution in [-0.2, 0) is 12.8 Å². The summed E-state index contributed by atoms with van der Waals surface area (Å²) in [4.78, 5) is 25.0. The molecule has 0 unspecified atom stereocenters. The summed E-state index contributed by atoms with van der Waals surface area (Å²) in [6.07, 6.45) is 11.6. The fourth-order valence-corrected chi connectivity index (χ4v) is 4.19. The minimum atomic E-state index is -0.0587. The third-order valence-electron chi connectivity index (χ3n) is 4.26. The van der Waals surface area contributed by atoms with Gasteiger partial charge in [-0.1, -0.05) is 6.08 Å². The number of carbonyl (C=O) groups is 1. The Morgan fingerprint density at radius 1 is 1.38 bits per heavy atom. The van der Waals surface area contributed by atoms with Gasteiger partial charge in [-0.2, -0.15) is 0 Å². The fourth-order valence-electron chi connectivity index (χ4n) is 3.03. The molecule has 122 valence electrons. The van der Waals surface area contributed by atoms with E-state index in [1.165, 1.54) is 17.7 Å². The van der Waals surface area contributed by atoms with Crippen molar-refractivity contribution in [3.05, 3.63) is 59.5 Å². The van der Waals surface area contributed by atoms with Crippen LogP contribution in [0.5, 0.6) is 0 Å². The van der Waals surface area contributed by atoms with E-state index in [-0.39, 0.29) is 5.91 Å². The lowest BCUT2D eigenvalue weighted by Crippen LogP contribution is -2.31. The SMILES string of the molecule is C=CCN(C(=O)c1ccc2nccn2c1)c1nc2c(s1)CCCC2. The topological polar surface area (TPSA) is 50.5 Å². The molecule has 0 atom stereocenters. The van der Waals surface area contributed by atoms with Crippen molar-refractivity contribution in [1.29, 1.82) is 0 Å². The zero-order chi connectivity index (χ0) is 16.5. The van der Waals surface area contributed by atoms with E-state index in [0.29, 0.717) is 12.1 Å². The van der Waals surface area contributed by atoms with Gasteiger partial charge in [-0.3, -0.25) is 9.69 Å². The number of thiazole rings is 1. The maximum atomic E-state index is 13.0. The second-order valence-electron chi connectivity index (χ2n) is 5.89. The molecular weight excluding hydrogens is 320 g/mol. The molecule has 0 radical (unpaired) electrons. The molecule has 3 aromatic rings. The lowest BCUT2D eigenvalue weighted by Gasteiger charge is -2.18. The minimum absolute atomic E-state index is 0.0587. The van der Waals surface area contributed by atoms with Crippen molar-refractivity contribution in [1.82, 2.24) is 14.4 Å². The zero-order valence-electron chi connectivity index (χ0n) is 13.3. The number of amides is 1. The number of aromatic nitrogens is 3. The van der Waals surface area contributed by atoms with Crippen LogP contribution >= 0.6 is 11.3 Å². The Kier molecular flexibility index (Phi) is 3.90. The van der Waals surface area contributed by atoms with Gasteiger partial charge in [0.2, 0.25) is 0 Å². The third kappa shape index (κ3) is 2.63. The van der Waals surface area contributed by atoms with Gasteiger partial charge in [0.25, 0.3) is 5.91 Å². The van der Waals surface area contributed by atoms with Crippen LogP contribution in [0.4, 0.5) is 5.13 Å². The van der Waals surface area contributed by atoms with Crippen LogP contribution in [0.15, 0.2) is 43.4 Å². The number of anilines is 1. The number of fused-ring (bicyclic) bond motifs is 2. The Balaban J connectivity index is 1.69. The second-order valence-corrected chi connectivity index (χ2v) is 6.95. The van der Waals surface area contributed by atoms with Crippen LogP contribution in [-0.4, -0.2) is 26.8 Å². The highest BCUT2D eigenvalue weighted by Crippen LogP contribution is 2.32. The molecule has 24 heavy (non-hydrogen) atoms. The Morgan fingerprint density at radius 3 is 3.08 bits per heavy atom. The van der Waals surface area contributed by atoms with Crippen LogP contribution in [0.1, 0.15) is 33.8 Å². The largest absolute Gasteiger partial charge is 0.306 e. The van der Waals surface area contributed by atoms with Crippen molar-refractivity contribution in [2.24, 2.45) is 0 Å². The minimum Gasteiger partial charge on any atom is -0.306 e. The van der Waals surface area contributed by atoms with Crippen molar-refractivity contribution in [3.8, 4) is 0 Å². The molecular formula is C18H18N4OS. The van der Waals surface area contributed by atoms with Crippen LogP contribution < -0.4 is 4.90 Å². The Labute approximate surface area is 144 Å². The first-order chi connectivity index (χ1) is 11.8. The van der Waals surface area contributed by atoms with Gasteiger partial charge >= 0.3 is 0 Å². The van der Waals surface area contributed by atoms with Gasteiger partial charge in [-0.15, -0.1) is 17.9 Å². The number of nitrogens with zero attached hydrogens (tertiary/aromatic N) is 4. The summed E-state index contributed by atoms with van der Waals surface area (Å²) in [7, 11) is 0. The summed E-state index contributed by atoms with van der Waals surface area (Å²) < 4.78 is 1.85. The summed E-state index contributed by atoms with van der Waals surface area (Å²) in [6, 6.07) is 3.67. The number of rotatable bonds is 4. The number of pyridine rings is 1. The van der Waals surface area contributed by atoms with E-state index in [9.17, 15) is 4.79 Å². The summed E-state index contributed by atoms with van der Waals surface area (Å²) in [5.41, 5.74) is 2.61. The number of hydrogen-bond donors (Lipinski definition) is 0. The molecule has 1 aliphatic rings. The van der Waals surface area contributed by atoms with Gasteiger partial charge in [-0.25, -0.2) is 9.97 Å². The standard InChI is InChI=1S/C18H18N4OS/c1-2-10-22(18-20-14-5-3-4-6-15(14)24-18)17(23)13-7-8-16-19-9-11-21(16)12-13/h2,7-9,11-12H,1,3-6,10H2. The van der Waals surface area contributed by atoms with E-state index in [4.69, 9.17) is 4.98 Å². The van der Waals surface area contributed by atoms with Crippen molar-refractivity contribution in [3.63, 3.8) is 0 Å². The molecule has 5 nitrogen and oxygen atoms in total. The van der Waals surface area contributed by atoms with E-state index in [0.717, 1.165) is 29.3 Å². The Hall–Kier alpha value is -2.47. The van der Waals surface area contributed by atoms with Crippen LogP contribution in [0.2, 0.25) is 0 Å². The smallest absolute Gasteiger partial charge is 0.261 e. The summed E-state index contributed by atoms with van der Waals surface area (Å²) >= 11 is 1.64. The molecule has 3 aromatic heterocycles. The van der Waals surface area contributed by atoms with E-state index >= 15 is 0 Å². The fraction of sp³-hybridized carbons (Fsp3) is 0.278. The Bertz CT molecular complexity index is 887. The maximum absolute atomic E-state index is 13.0. The van der Waals surface area contributed by atoms with E-state index in [1.54, 1.807) is 28.5 Å². The van der Waals surface area contributed by atoms with E-state index in [1.807, 2.05) is 28.9 Å². The van der Waals surface area contributed by atoms with E-state index in [2.05, 4.69) is 11.6 Å². The van der Waals surface area contributed by atoms with Crippen molar-refractivity contribution in [2.45, 2.75) is 25.7 Å². The average Bonchev–Trinajstić information content (AvgIpc) is 3.24. The average molecular weight is 338 g/mol. The third-order valence-corrected chi connectivity index (χ3v) is 5.44. The highest BCUT2D eigenvalue weighted by atomic mass is 32.1. The van der Waals surface area contributed by atoms with Crippen LogP contribution in [0, 0.1) is 0 Å². The molecule has 0 spiro atoms. The molecule has 1 amide bonds. The zero-order valence-corrected chi connectivity index (χ0v) is 14.1. The Morgan fingerprint density at radius 2 is 2.25 bits per heavy atom. The van der Waals surface area contributed by atoms with Crippen LogP contribution in [0.25, 0.3) is 5.65 Å². The summed E-state index contributed by atoms with van der Waals surface area (Å²) in [6.45, 7) is 4.24. The predicted octanol–water partition coefficient (Wildman–Crippen LogP) is 3.50. The van der Waals surface area contributed by atoms with Crippen molar-refractivity contribution >= 4 is 28.0 Å². The van der Waals surface area contributed by atoms with Crippen molar-refractivity contribution in [2.75, 3.05) is 11.4 Å². The monoisotopic (exact) mass is 338 g/mol. The van der Waals surface area contributed by atoms with Gasteiger partial charge in [-0.05, 0) is 37.8 Å².